The molecule has 0 bridgehead atoms. The van der Waals surface area contributed by atoms with Gasteiger partial charge in [0.05, 0.1) is 6.42 Å². The molecular weight excluding hydrogens is 384 g/mol. The Morgan fingerprint density at radius 1 is 1.00 bits per heavy atom. The molecule has 2 amide bonds. The van der Waals surface area contributed by atoms with Crippen molar-refractivity contribution in [3.05, 3.63) is 63.6 Å². The highest BCUT2D eigenvalue weighted by molar-refractivity contribution is 9.10. The first-order valence-corrected chi connectivity index (χ1v) is 7.91. The van der Waals surface area contributed by atoms with Gasteiger partial charge < -0.3 is 4.74 Å². The summed E-state index contributed by atoms with van der Waals surface area (Å²) in [6, 6.07) is 14.1. The first kappa shape index (κ1) is 17.3. The molecule has 2 aromatic carbocycles. The molecule has 0 radical (unpaired) electrons. The van der Waals surface area contributed by atoms with Crippen LogP contribution in [0.15, 0.2) is 53.0 Å². The highest BCUT2D eigenvalue weighted by atomic mass is 79.9. The van der Waals surface area contributed by atoms with Gasteiger partial charge in [-0.3, -0.25) is 20.4 Å². The maximum Gasteiger partial charge on any atom is 0.276 e. The van der Waals surface area contributed by atoms with Crippen molar-refractivity contribution in [3.8, 4) is 5.75 Å². The van der Waals surface area contributed by atoms with E-state index in [0.29, 0.717) is 16.3 Å². The minimum absolute atomic E-state index is 0.0769. The van der Waals surface area contributed by atoms with Gasteiger partial charge in [0.15, 0.2) is 6.61 Å². The highest BCUT2D eigenvalue weighted by Gasteiger charge is 2.08. The predicted molar refractivity (Wildman–Crippen MR) is 91.1 cm³/mol. The van der Waals surface area contributed by atoms with Gasteiger partial charge >= 0.3 is 0 Å². The van der Waals surface area contributed by atoms with Crippen molar-refractivity contribution in [2.24, 2.45) is 0 Å². The van der Waals surface area contributed by atoms with Crippen LogP contribution in [0, 0.1) is 0 Å². The van der Waals surface area contributed by atoms with Gasteiger partial charge in [-0.05, 0) is 35.9 Å². The predicted octanol–water partition coefficient (Wildman–Crippen LogP) is 2.87. The summed E-state index contributed by atoms with van der Waals surface area (Å²) in [6.45, 7) is -0.200. The Morgan fingerprint density at radius 3 is 2.35 bits per heavy atom. The molecular formula is C16H14BrClN2O3. The Labute approximate surface area is 147 Å². The van der Waals surface area contributed by atoms with Crippen LogP contribution in [-0.2, 0) is 16.0 Å². The van der Waals surface area contributed by atoms with Crippen molar-refractivity contribution >= 4 is 39.3 Å². The van der Waals surface area contributed by atoms with Crippen molar-refractivity contribution in [2.75, 3.05) is 6.61 Å². The van der Waals surface area contributed by atoms with E-state index in [1.165, 1.54) is 0 Å². The fraction of sp³-hybridized carbons (Fsp3) is 0.125. The van der Waals surface area contributed by atoms with Crippen LogP contribution in [0.4, 0.5) is 0 Å². The van der Waals surface area contributed by atoms with Gasteiger partial charge in [-0.25, -0.2) is 0 Å². The second-order valence-electron chi connectivity index (χ2n) is 4.61. The maximum atomic E-state index is 11.8. The van der Waals surface area contributed by atoms with Crippen LogP contribution in [0.5, 0.6) is 5.75 Å². The van der Waals surface area contributed by atoms with Crippen LogP contribution < -0.4 is 15.6 Å². The van der Waals surface area contributed by atoms with E-state index in [0.717, 1.165) is 4.47 Å². The molecule has 0 saturated heterocycles. The largest absolute Gasteiger partial charge is 0.484 e. The van der Waals surface area contributed by atoms with Crippen LogP contribution in [0.2, 0.25) is 5.02 Å². The number of rotatable bonds is 5. The summed E-state index contributed by atoms with van der Waals surface area (Å²) >= 11 is 9.28. The van der Waals surface area contributed by atoms with Crippen molar-refractivity contribution in [1.82, 2.24) is 10.9 Å². The monoisotopic (exact) mass is 396 g/mol. The molecule has 0 aliphatic heterocycles. The third-order valence-corrected chi connectivity index (χ3v) is 3.73. The van der Waals surface area contributed by atoms with E-state index in [2.05, 4.69) is 26.8 Å². The van der Waals surface area contributed by atoms with Gasteiger partial charge in [-0.15, -0.1) is 0 Å². The van der Waals surface area contributed by atoms with Crippen LogP contribution in [0.25, 0.3) is 0 Å². The zero-order valence-corrected chi connectivity index (χ0v) is 14.4. The minimum Gasteiger partial charge on any atom is -0.484 e. The summed E-state index contributed by atoms with van der Waals surface area (Å²) in [6.07, 6.45) is 0.0769. The smallest absolute Gasteiger partial charge is 0.276 e. The Hall–Kier alpha value is -2.05. The number of amides is 2. The second-order valence-corrected chi connectivity index (χ2v) is 5.93. The zero-order chi connectivity index (χ0) is 16.7. The lowest BCUT2D eigenvalue weighted by Gasteiger charge is -2.09. The fourth-order valence-corrected chi connectivity index (χ4v) is 2.18. The number of benzene rings is 2. The molecule has 0 spiro atoms. The topological polar surface area (TPSA) is 67.4 Å². The average molecular weight is 398 g/mol. The Bertz CT molecular complexity index is 692. The lowest BCUT2D eigenvalue weighted by molar-refractivity contribution is -0.129. The summed E-state index contributed by atoms with van der Waals surface area (Å²) in [5, 5.41) is 0.507. The van der Waals surface area contributed by atoms with Crippen LogP contribution in [0.3, 0.4) is 0 Å². The summed E-state index contributed by atoms with van der Waals surface area (Å²) in [5.74, 6) is -0.263. The first-order chi connectivity index (χ1) is 11.0. The number of hydrogen-bond acceptors (Lipinski definition) is 3. The quantitative estimate of drug-likeness (QED) is 0.762. The van der Waals surface area contributed by atoms with E-state index in [1.807, 2.05) is 0 Å². The number of carbonyl (C=O) groups excluding carboxylic acids is 2. The number of nitrogens with one attached hydrogen (secondary N) is 2. The molecule has 2 aromatic rings. The van der Waals surface area contributed by atoms with Crippen molar-refractivity contribution in [1.29, 1.82) is 0 Å². The zero-order valence-electron chi connectivity index (χ0n) is 12.0. The normalized spacial score (nSPS) is 10.0. The number of carbonyl (C=O) groups is 2. The average Bonchev–Trinajstić information content (AvgIpc) is 2.54. The van der Waals surface area contributed by atoms with Crippen molar-refractivity contribution in [2.45, 2.75) is 6.42 Å². The number of halogens is 2. The van der Waals surface area contributed by atoms with E-state index in [4.69, 9.17) is 16.3 Å². The van der Waals surface area contributed by atoms with E-state index in [1.54, 1.807) is 48.5 Å². The highest BCUT2D eigenvalue weighted by Crippen LogP contribution is 2.16. The van der Waals surface area contributed by atoms with Gasteiger partial charge in [0.25, 0.3) is 5.91 Å². The second kappa shape index (κ2) is 8.55. The summed E-state index contributed by atoms with van der Waals surface area (Å²) in [4.78, 5) is 23.4. The van der Waals surface area contributed by atoms with E-state index < -0.39 is 5.91 Å². The Kier molecular flexibility index (Phi) is 6.43. The molecule has 2 rings (SSSR count). The lowest BCUT2D eigenvalue weighted by atomic mass is 10.1. The van der Waals surface area contributed by atoms with Crippen LogP contribution >= 0.6 is 27.5 Å². The summed E-state index contributed by atoms with van der Waals surface area (Å²) < 4.78 is 6.20. The molecule has 2 N–H and O–H groups in total. The molecule has 5 nitrogen and oxygen atoms in total. The van der Waals surface area contributed by atoms with Gasteiger partial charge in [0.2, 0.25) is 5.91 Å². The molecule has 0 aromatic heterocycles. The van der Waals surface area contributed by atoms with Crippen molar-refractivity contribution in [3.63, 3.8) is 0 Å². The molecule has 0 unspecified atom stereocenters. The minimum atomic E-state index is -0.458. The molecule has 0 aliphatic rings. The SMILES string of the molecule is O=C(COc1ccc(Br)cc1)NNC(=O)Cc1ccccc1Cl. The number of hydrogen-bond donors (Lipinski definition) is 2. The summed E-state index contributed by atoms with van der Waals surface area (Å²) in [5.41, 5.74) is 5.29. The molecule has 7 heteroatoms. The maximum absolute atomic E-state index is 11.8. The Balaban J connectivity index is 1.72. The van der Waals surface area contributed by atoms with Crippen molar-refractivity contribution < 1.29 is 14.3 Å². The van der Waals surface area contributed by atoms with Crippen LogP contribution in [-0.4, -0.2) is 18.4 Å². The molecule has 0 atom stereocenters. The van der Waals surface area contributed by atoms with Gasteiger partial charge in [0.1, 0.15) is 5.75 Å². The van der Waals surface area contributed by atoms with E-state index in [9.17, 15) is 9.59 Å². The number of hydrazine groups is 1. The molecule has 120 valence electrons. The van der Waals surface area contributed by atoms with E-state index >= 15 is 0 Å². The number of ether oxygens (including phenoxy) is 1. The lowest BCUT2D eigenvalue weighted by Crippen LogP contribution is -2.44. The van der Waals surface area contributed by atoms with Gasteiger partial charge in [0, 0.05) is 9.50 Å². The molecule has 0 aliphatic carbocycles. The van der Waals surface area contributed by atoms with E-state index in [-0.39, 0.29) is 18.9 Å². The molecule has 0 heterocycles. The standard InChI is InChI=1S/C16H14BrClN2O3/c17-12-5-7-13(8-6-12)23-10-16(22)20-19-15(21)9-11-3-1-2-4-14(11)18/h1-8H,9-10H2,(H,19,21)(H,20,22). The molecule has 0 saturated carbocycles. The van der Waals surface area contributed by atoms with Gasteiger partial charge in [-0.1, -0.05) is 45.7 Å². The molecule has 23 heavy (non-hydrogen) atoms. The first-order valence-electron chi connectivity index (χ1n) is 6.74. The Morgan fingerprint density at radius 2 is 1.65 bits per heavy atom. The third kappa shape index (κ3) is 5.92. The fourth-order valence-electron chi connectivity index (χ4n) is 1.71. The molecule has 0 fully saturated rings. The van der Waals surface area contributed by atoms with Crippen LogP contribution in [0.1, 0.15) is 5.56 Å². The summed E-state index contributed by atoms with van der Waals surface area (Å²) in [7, 11) is 0. The van der Waals surface area contributed by atoms with Gasteiger partial charge in [-0.2, -0.15) is 0 Å². The third-order valence-electron chi connectivity index (χ3n) is 2.83.